The molecule has 0 unspecified atom stereocenters. The topological polar surface area (TPSA) is 65.5 Å². The molecule has 1 aromatic carbocycles. The summed E-state index contributed by atoms with van der Waals surface area (Å²) in [6.45, 7) is 6.44. The largest absolute Gasteiger partial charge is 0.379 e. The van der Waals surface area contributed by atoms with Crippen LogP contribution in [-0.2, 0) is 17.9 Å². The van der Waals surface area contributed by atoms with Crippen molar-refractivity contribution in [2.75, 3.05) is 13.1 Å². The number of piperidine rings is 1. The highest BCUT2D eigenvalue weighted by Gasteiger charge is 2.41. The number of likely N-dealkylation sites (tertiary alicyclic amines) is 1. The molecule has 0 aliphatic carbocycles. The van der Waals surface area contributed by atoms with E-state index in [1.54, 1.807) is 17.3 Å². The zero-order chi connectivity index (χ0) is 19.3. The van der Waals surface area contributed by atoms with Gasteiger partial charge in [-0.3, -0.25) is 9.78 Å². The first-order chi connectivity index (χ1) is 13.0. The van der Waals surface area contributed by atoms with Crippen molar-refractivity contribution in [2.45, 2.75) is 51.3 Å². The second kappa shape index (κ2) is 8.63. The van der Waals surface area contributed by atoms with Gasteiger partial charge < -0.3 is 15.3 Å². The number of amides is 1. The third kappa shape index (κ3) is 4.93. The van der Waals surface area contributed by atoms with Gasteiger partial charge in [0.15, 0.2) is 5.60 Å². The molecule has 2 aromatic rings. The Balaban J connectivity index is 1.58. The molecule has 1 aromatic heterocycles. The van der Waals surface area contributed by atoms with Crippen LogP contribution in [0.5, 0.6) is 0 Å². The molecule has 1 fully saturated rings. The molecule has 5 heteroatoms. The standard InChI is InChI=1S/C22H29N3O2/c1-17(2)20-6-4-19(5-7-20)15-25-13-3-10-22(27,21(25)26)16-24-14-18-8-11-23-12-9-18/h4-9,11-12,17,24,27H,3,10,13-16H2,1-2H3/t22-/m1/s1. The molecule has 5 nitrogen and oxygen atoms in total. The lowest BCUT2D eigenvalue weighted by atomic mass is 9.91. The van der Waals surface area contributed by atoms with Crippen LogP contribution in [0, 0.1) is 0 Å². The van der Waals surface area contributed by atoms with E-state index in [0.29, 0.717) is 32.0 Å². The minimum absolute atomic E-state index is 0.177. The van der Waals surface area contributed by atoms with E-state index in [4.69, 9.17) is 0 Å². The summed E-state index contributed by atoms with van der Waals surface area (Å²) in [4.78, 5) is 18.7. The zero-order valence-electron chi connectivity index (χ0n) is 16.2. The van der Waals surface area contributed by atoms with Crippen LogP contribution >= 0.6 is 0 Å². The molecule has 27 heavy (non-hydrogen) atoms. The smallest absolute Gasteiger partial charge is 0.256 e. The lowest BCUT2D eigenvalue weighted by molar-refractivity contribution is -0.157. The van der Waals surface area contributed by atoms with Crippen molar-refractivity contribution in [1.82, 2.24) is 15.2 Å². The number of aliphatic hydroxyl groups is 1. The van der Waals surface area contributed by atoms with E-state index >= 15 is 0 Å². The molecular formula is C22H29N3O2. The van der Waals surface area contributed by atoms with Crippen LogP contribution in [0.4, 0.5) is 0 Å². The van der Waals surface area contributed by atoms with Crippen molar-refractivity contribution in [3.05, 3.63) is 65.5 Å². The lowest BCUT2D eigenvalue weighted by Crippen LogP contribution is -2.57. The van der Waals surface area contributed by atoms with Gasteiger partial charge in [-0.2, -0.15) is 0 Å². The summed E-state index contributed by atoms with van der Waals surface area (Å²) in [5.74, 6) is 0.316. The Morgan fingerprint density at radius 2 is 1.85 bits per heavy atom. The first kappa shape index (κ1) is 19.5. The molecule has 0 saturated carbocycles. The molecule has 1 atom stereocenters. The molecule has 144 valence electrons. The van der Waals surface area contributed by atoms with Crippen molar-refractivity contribution in [1.29, 1.82) is 0 Å². The highest BCUT2D eigenvalue weighted by Crippen LogP contribution is 2.24. The van der Waals surface area contributed by atoms with E-state index in [9.17, 15) is 9.90 Å². The van der Waals surface area contributed by atoms with Crippen LogP contribution in [-0.4, -0.2) is 39.6 Å². The van der Waals surface area contributed by atoms with Gasteiger partial charge in [0, 0.05) is 38.6 Å². The van der Waals surface area contributed by atoms with Crippen LogP contribution in [0.2, 0.25) is 0 Å². The Kier molecular flexibility index (Phi) is 6.24. The van der Waals surface area contributed by atoms with Gasteiger partial charge in [-0.1, -0.05) is 38.1 Å². The first-order valence-corrected chi connectivity index (χ1v) is 9.68. The molecule has 0 radical (unpaired) electrons. The summed E-state index contributed by atoms with van der Waals surface area (Å²) >= 11 is 0. The third-order valence-electron chi connectivity index (χ3n) is 5.22. The van der Waals surface area contributed by atoms with E-state index in [-0.39, 0.29) is 12.5 Å². The maximum Gasteiger partial charge on any atom is 0.256 e. The highest BCUT2D eigenvalue weighted by atomic mass is 16.3. The molecule has 1 aliphatic rings. The van der Waals surface area contributed by atoms with Gasteiger partial charge in [-0.05, 0) is 47.6 Å². The fourth-order valence-electron chi connectivity index (χ4n) is 3.52. The van der Waals surface area contributed by atoms with E-state index in [1.165, 1.54) is 5.56 Å². The van der Waals surface area contributed by atoms with Gasteiger partial charge in [-0.15, -0.1) is 0 Å². The van der Waals surface area contributed by atoms with Crippen molar-refractivity contribution in [2.24, 2.45) is 0 Å². The van der Waals surface area contributed by atoms with E-state index in [1.807, 2.05) is 12.1 Å². The second-order valence-corrected chi connectivity index (χ2v) is 7.72. The molecule has 3 rings (SSSR count). The van der Waals surface area contributed by atoms with Crippen LogP contribution in [0.25, 0.3) is 0 Å². The summed E-state index contributed by atoms with van der Waals surface area (Å²) in [7, 11) is 0. The number of carbonyl (C=O) groups excluding carboxylic acids is 1. The van der Waals surface area contributed by atoms with Gasteiger partial charge in [0.2, 0.25) is 0 Å². The number of pyridine rings is 1. The maximum absolute atomic E-state index is 12.9. The Morgan fingerprint density at radius 3 is 2.52 bits per heavy atom. The van der Waals surface area contributed by atoms with Crippen molar-refractivity contribution < 1.29 is 9.90 Å². The maximum atomic E-state index is 12.9. The molecule has 2 heterocycles. The Bertz CT molecular complexity index is 746. The summed E-state index contributed by atoms with van der Waals surface area (Å²) in [6.07, 6.45) is 4.79. The number of hydrogen-bond donors (Lipinski definition) is 2. The SMILES string of the molecule is CC(C)c1ccc(CN2CCC[C@@](O)(CNCc3ccncc3)C2=O)cc1. The number of nitrogens with zero attached hydrogens (tertiary/aromatic N) is 2. The highest BCUT2D eigenvalue weighted by molar-refractivity contribution is 5.86. The summed E-state index contributed by atoms with van der Waals surface area (Å²) in [5, 5.41) is 14.1. The van der Waals surface area contributed by atoms with Crippen LogP contribution in [0.3, 0.4) is 0 Å². The normalized spacial score (nSPS) is 20.3. The quantitative estimate of drug-likeness (QED) is 0.790. The molecule has 2 N–H and O–H groups in total. The fraction of sp³-hybridized carbons (Fsp3) is 0.455. The van der Waals surface area contributed by atoms with E-state index in [0.717, 1.165) is 17.5 Å². The van der Waals surface area contributed by atoms with Crippen LogP contribution in [0.15, 0.2) is 48.8 Å². The molecule has 1 saturated heterocycles. The number of aromatic nitrogens is 1. The molecule has 1 amide bonds. The number of hydrogen-bond acceptors (Lipinski definition) is 4. The Morgan fingerprint density at radius 1 is 1.15 bits per heavy atom. The van der Waals surface area contributed by atoms with Gasteiger partial charge in [0.1, 0.15) is 0 Å². The summed E-state index contributed by atoms with van der Waals surface area (Å²) < 4.78 is 0. The third-order valence-corrected chi connectivity index (χ3v) is 5.22. The Hall–Kier alpha value is -2.24. The average Bonchev–Trinajstić information content (AvgIpc) is 2.67. The van der Waals surface area contributed by atoms with Gasteiger partial charge in [0.05, 0.1) is 0 Å². The van der Waals surface area contributed by atoms with Crippen LogP contribution in [0.1, 0.15) is 49.3 Å². The predicted molar refractivity (Wildman–Crippen MR) is 106 cm³/mol. The first-order valence-electron chi connectivity index (χ1n) is 9.68. The minimum atomic E-state index is -1.33. The van der Waals surface area contributed by atoms with Gasteiger partial charge >= 0.3 is 0 Å². The summed E-state index contributed by atoms with van der Waals surface area (Å²) in [5.41, 5.74) is 2.14. The van der Waals surface area contributed by atoms with Crippen molar-refractivity contribution >= 4 is 5.91 Å². The number of nitrogens with one attached hydrogen (secondary N) is 1. The van der Waals surface area contributed by atoms with Crippen LogP contribution < -0.4 is 5.32 Å². The molecule has 0 spiro atoms. The number of rotatable bonds is 7. The second-order valence-electron chi connectivity index (χ2n) is 7.72. The van der Waals surface area contributed by atoms with E-state index < -0.39 is 5.60 Å². The van der Waals surface area contributed by atoms with Crippen molar-refractivity contribution in [3.63, 3.8) is 0 Å². The predicted octanol–water partition coefficient (Wildman–Crippen LogP) is 2.85. The summed E-state index contributed by atoms with van der Waals surface area (Å²) in [6, 6.07) is 12.3. The van der Waals surface area contributed by atoms with E-state index in [2.05, 4.69) is 48.4 Å². The molecule has 0 bridgehead atoms. The average molecular weight is 367 g/mol. The van der Waals surface area contributed by atoms with Gasteiger partial charge in [0.25, 0.3) is 5.91 Å². The van der Waals surface area contributed by atoms with Gasteiger partial charge in [-0.25, -0.2) is 0 Å². The zero-order valence-corrected chi connectivity index (χ0v) is 16.2. The van der Waals surface area contributed by atoms with Crippen molar-refractivity contribution in [3.8, 4) is 0 Å². The number of benzene rings is 1. The fourth-order valence-corrected chi connectivity index (χ4v) is 3.52. The number of carbonyl (C=O) groups is 1. The molecular weight excluding hydrogens is 338 g/mol. The lowest BCUT2D eigenvalue weighted by Gasteiger charge is -2.38. The minimum Gasteiger partial charge on any atom is -0.379 e. The monoisotopic (exact) mass is 367 g/mol. The molecule has 1 aliphatic heterocycles. The Labute approximate surface area is 161 Å².